The fourth-order valence-electron chi connectivity index (χ4n) is 1.27. The molecule has 3 heteroatoms. The summed E-state index contributed by atoms with van der Waals surface area (Å²) in [6.07, 6.45) is 0. The highest BCUT2D eigenvalue weighted by Crippen LogP contribution is 2.15. The maximum Gasteiger partial charge on any atom is 0.0995 e. The summed E-state index contributed by atoms with van der Waals surface area (Å²) in [5, 5.41) is 12.6. The van der Waals surface area contributed by atoms with Crippen molar-refractivity contribution in [3.8, 4) is 0 Å². The summed E-state index contributed by atoms with van der Waals surface area (Å²) in [7, 11) is 0. The second kappa shape index (κ2) is 2.52. The molecule has 12 heavy (non-hydrogen) atoms. The molecule has 0 N–H and O–H groups in total. The van der Waals surface area contributed by atoms with E-state index >= 15 is 0 Å². The summed E-state index contributed by atoms with van der Waals surface area (Å²) >= 11 is 0. The van der Waals surface area contributed by atoms with Crippen LogP contribution in [0.3, 0.4) is 0 Å². The van der Waals surface area contributed by atoms with E-state index < -0.39 is 0 Å². The molecule has 0 saturated carbocycles. The van der Waals surface area contributed by atoms with Crippen LogP contribution in [-0.2, 0) is 0 Å². The molecule has 0 aliphatic rings. The van der Waals surface area contributed by atoms with Crippen molar-refractivity contribution in [2.45, 2.75) is 13.8 Å². The van der Waals surface area contributed by atoms with Gasteiger partial charge in [-0.05, 0) is 24.6 Å². The molecule has 0 radical (unpaired) electrons. The van der Waals surface area contributed by atoms with Crippen LogP contribution in [0.25, 0.3) is 10.9 Å². The van der Waals surface area contributed by atoms with Gasteiger partial charge in [-0.1, -0.05) is 18.2 Å². The molecule has 0 amide bonds. The molecule has 0 spiro atoms. The molecule has 3 nitrogen and oxygen atoms in total. The fourth-order valence-corrected chi connectivity index (χ4v) is 1.27. The predicted octanol–water partition coefficient (Wildman–Crippen LogP) is 1.64. The number of rotatable bonds is 0. The van der Waals surface area contributed by atoms with E-state index in [2.05, 4.69) is 15.4 Å². The van der Waals surface area contributed by atoms with E-state index in [1.165, 1.54) is 0 Å². The average Bonchev–Trinajstić information content (AvgIpc) is 2.07. The largest absolute Gasteiger partial charge is 0.135 e. The first-order chi connectivity index (χ1) is 5.79. The maximum absolute atomic E-state index is 3.98. The van der Waals surface area contributed by atoms with Crippen molar-refractivity contribution in [1.29, 1.82) is 0 Å². The van der Waals surface area contributed by atoms with Gasteiger partial charge in [-0.15, -0.1) is 10.2 Å². The van der Waals surface area contributed by atoms with Crippen LogP contribution in [-0.4, -0.2) is 15.4 Å². The molecule has 0 bridgehead atoms. The molecule has 60 valence electrons. The van der Waals surface area contributed by atoms with Gasteiger partial charge in [0, 0.05) is 5.39 Å². The Kier molecular flexibility index (Phi) is 1.50. The average molecular weight is 159 g/mol. The van der Waals surface area contributed by atoms with Crippen molar-refractivity contribution in [2.24, 2.45) is 0 Å². The van der Waals surface area contributed by atoms with Crippen molar-refractivity contribution in [3.63, 3.8) is 0 Å². The zero-order chi connectivity index (χ0) is 8.55. The zero-order valence-corrected chi connectivity index (χ0v) is 7.07. The summed E-state index contributed by atoms with van der Waals surface area (Å²) in [6.45, 7) is 3.97. The van der Waals surface area contributed by atoms with Gasteiger partial charge in [0.2, 0.25) is 0 Å². The van der Waals surface area contributed by atoms with Gasteiger partial charge in [0.25, 0.3) is 0 Å². The predicted molar refractivity (Wildman–Crippen MR) is 46.8 cm³/mol. The number of hydrogen-bond donors (Lipinski definition) is 0. The molecule has 2 aromatic rings. The lowest BCUT2D eigenvalue weighted by atomic mass is 10.1. The molecule has 0 atom stereocenters. The first-order valence-electron chi connectivity index (χ1n) is 3.84. The SMILES string of the molecule is Cc1nnnc2c(C)cccc12. The molecule has 0 aliphatic carbocycles. The smallest absolute Gasteiger partial charge is 0.0995 e. The molecule has 1 heterocycles. The molecule has 1 aromatic heterocycles. The third-order valence-electron chi connectivity index (χ3n) is 1.97. The fraction of sp³-hybridized carbons (Fsp3) is 0.222. The minimum Gasteiger partial charge on any atom is -0.135 e. The Labute approximate surface area is 70.4 Å². The Morgan fingerprint density at radius 2 is 1.92 bits per heavy atom. The molecule has 0 unspecified atom stereocenters. The van der Waals surface area contributed by atoms with E-state index in [1.807, 2.05) is 32.0 Å². The lowest BCUT2D eigenvalue weighted by Crippen LogP contribution is -1.93. The number of aryl methyl sites for hydroxylation is 2. The minimum absolute atomic E-state index is 0.934. The first-order valence-corrected chi connectivity index (χ1v) is 3.84. The van der Waals surface area contributed by atoms with Crippen molar-refractivity contribution in [1.82, 2.24) is 15.4 Å². The van der Waals surface area contributed by atoms with Crippen LogP contribution >= 0.6 is 0 Å². The number of benzene rings is 1. The monoisotopic (exact) mass is 159 g/mol. The maximum atomic E-state index is 3.98. The van der Waals surface area contributed by atoms with Gasteiger partial charge in [-0.25, -0.2) is 0 Å². The number of hydrogen-bond acceptors (Lipinski definition) is 3. The van der Waals surface area contributed by atoms with Gasteiger partial charge >= 0.3 is 0 Å². The third-order valence-corrected chi connectivity index (χ3v) is 1.97. The highest BCUT2D eigenvalue weighted by molar-refractivity contribution is 5.82. The van der Waals surface area contributed by atoms with Gasteiger partial charge < -0.3 is 0 Å². The van der Waals surface area contributed by atoms with E-state index in [1.54, 1.807) is 0 Å². The number of aromatic nitrogens is 3. The Bertz CT molecular complexity index is 382. The van der Waals surface area contributed by atoms with Gasteiger partial charge in [0.15, 0.2) is 0 Å². The molecule has 2 rings (SSSR count). The molecule has 1 aromatic carbocycles. The van der Waals surface area contributed by atoms with Crippen LogP contribution in [0.4, 0.5) is 0 Å². The Hall–Kier alpha value is -1.51. The number of nitrogens with zero attached hydrogens (tertiary/aromatic N) is 3. The van der Waals surface area contributed by atoms with E-state index in [-0.39, 0.29) is 0 Å². The first kappa shape index (κ1) is 7.16. The minimum atomic E-state index is 0.934. The van der Waals surface area contributed by atoms with Crippen molar-refractivity contribution in [3.05, 3.63) is 29.5 Å². The van der Waals surface area contributed by atoms with Crippen LogP contribution in [0.5, 0.6) is 0 Å². The summed E-state index contributed by atoms with van der Waals surface area (Å²) in [5.74, 6) is 0. The van der Waals surface area contributed by atoms with Gasteiger partial charge in [0.05, 0.1) is 11.2 Å². The van der Waals surface area contributed by atoms with Crippen molar-refractivity contribution >= 4 is 10.9 Å². The molecule has 0 saturated heterocycles. The Morgan fingerprint density at radius 1 is 1.08 bits per heavy atom. The van der Waals surface area contributed by atoms with E-state index in [9.17, 15) is 0 Å². The summed E-state index contributed by atoms with van der Waals surface area (Å²) in [4.78, 5) is 0. The topological polar surface area (TPSA) is 38.7 Å². The van der Waals surface area contributed by atoms with Gasteiger partial charge in [-0.2, -0.15) is 0 Å². The third kappa shape index (κ3) is 0.942. The lowest BCUT2D eigenvalue weighted by molar-refractivity contribution is 0.868. The molecule has 0 aliphatic heterocycles. The second-order valence-corrected chi connectivity index (χ2v) is 2.85. The van der Waals surface area contributed by atoms with Gasteiger partial charge in [0.1, 0.15) is 0 Å². The highest BCUT2D eigenvalue weighted by atomic mass is 15.3. The Morgan fingerprint density at radius 3 is 2.67 bits per heavy atom. The van der Waals surface area contributed by atoms with Crippen LogP contribution < -0.4 is 0 Å². The second-order valence-electron chi connectivity index (χ2n) is 2.85. The van der Waals surface area contributed by atoms with Gasteiger partial charge in [-0.3, -0.25) is 0 Å². The van der Waals surface area contributed by atoms with Crippen LogP contribution in [0, 0.1) is 13.8 Å². The zero-order valence-electron chi connectivity index (χ0n) is 7.07. The normalized spacial score (nSPS) is 10.5. The van der Waals surface area contributed by atoms with Crippen LogP contribution in [0.1, 0.15) is 11.3 Å². The van der Waals surface area contributed by atoms with Crippen molar-refractivity contribution < 1.29 is 0 Å². The highest BCUT2D eigenvalue weighted by Gasteiger charge is 2.00. The number of fused-ring (bicyclic) bond motifs is 1. The molecule has 0 fully saturated rings. The van der Waals surface area contributed by atoms with Crippen LogP contribution in [0.2, 0.25) is 0 Å². The standard InChI is InChI=1S/C9H9N3/c1-6-4-3-5-8-7(2)10-12-11-9(6)8/h3-5H,1-2H3. The van der Waals surface area contributed by atoms with Crippen molar-refractivity contribution in [2.75, 3.05) is 0 Å². The summed E-state index contributed by atoms with van der Waals surface area (Å²) in [6, 6.07) is 6.05. The Balaban J connectivity index is 2.94. The van der Waals surface area contributed by atoms with E-state index in [0.717, 1.165) is 22.2 Å². The molecular weight excluding hydrogens is 150 g/mol. The quantitative estimate of drug-likeness (QED) is 0.586. The van der Waals surface area contributed by atoms with E-state index in [4.69, 9.17) is 0 Å². The van der Waals surface area contributed by atoms with Crippen LogP contribution in [0.15, 0.2) is 18.2 Å². The van der Waals surface area contributed by atoms with E-state index in [0.29, 0.717) is 0 Å². The summed E-state index contributed by atoms with van der Waals surface area (Å²) < 4.78 is 0. The molecular formula is C9H9N3. The summed E-state index contributed by atoms with van der Waals surface area (Å²) in [5.41, 5.74) is 3.03. The lowest BCUT2D eigenvalue weighted by Gasteiger charge is -1.99.